The van der Waals surface area contributed by atoms with Crippen molar-refractivity contribution in [3.63, 3.8) is 0 Å². The van der Waals surface area contributed by atoms with Crippen molar-refractivity contribution in [3.05, 3.63) is 92.8 Å². The molecule has 1 fully saturated rings. The van der Waals surface area contributed by atoms with Gasteiger partial charge in [-0.1, -0.05) is 55.2 Å². The molecule has 0 saturated heterocycles. The van der Waals surface area contributed by atoms with E-state index in [0.29, 0.717) is 37.3 Å². The van der Waals surface area contributed by atoms with Gasteiger partial charge in [-0.25, -0.2) is 14.5 Å². The first-order valence-electron chi connectivity index (χ1n) is 26.3. The Morgan fingerprint density at radius 3 is 2.29 bits per heavy atom. The number of aromatic nitrogens is 3. The zero-order valence-corrected chi connectivity index (χ0v) is 48.1. The fraction of sp³-hybridized carbons (Fsp3) is 0.509. The number of hydrogen-bond donors (Lipinski definition) is 7. The summed E-state index contributed by atoms with van der Waals surface area (Å²) in [5.41, 5.74) is 10.0. The molecule has 1 aliphatic heterocycles. The lowest BCUT2D eigenvalue weighted by molar-refractivity contribution is -0.668. The van der Waals surface area contributed by atoms with Crippen LogP contribution < -0.4 is 36.7 Å². The van der Waals surface area contributed by atoms with Crippen molar-refractivity contribution in [1.29, 1.82) is 0 Å². The Kier molecular flexibility index (Phi) is 22.1. The second-order valence-electron chi connectivity index (χ2n) is 20.1. The third-order valence-electron chi connectivity index (χ3n) is 14.1. The van der Waals surface area contributed by atoms with Crippen LogP contribution in [0.5, 0.6) is 0 Å². The number of aliphatic hydroxyl groups excluding tert-OH is 1. The fourth-order valence-corrected chi connectivity index (χ4v) is 11.2. The molecule has 0 radical (unpaired) electrons. The second-order valence-corrected chi connectivity index (χ2v) is 22.9. The number of fused-ring (bicyclic) bond motifs is 2. The van der Waals surface area contributed by atoms with E-state index in [-0.39, 0.29) is 111 Å². The van der Waals surface area contributed by atoms with Gasteiger partial charge in [0.15, 0.2) is 5.78 Å². The summed E-state index contributed by atoms with van der Waals surface area (Å²) in [6.45, 7) is 5.15. The van der Waals surface area contributed by atoms with Crippen LogP contribution in [0, 0.1) is 17.8 Å². The van der Waals surface area contributed by atoms with Crippen LogP contribution in [-0.4, -0.2) is 135 Å². The summed E-state index contributed by atoms with van der Waals surface area (Å²) >= 11 is 6.17. The van der Waals surface area contributed by atoms with Crippen molar-refractivity contribution < 1.29 is 65.3 Å². The van der Waals surface area contributed by atoms with Gasteiger partial charge in [0.1, 0.15) is 14.4 Å². The van der Waals surface area contributed by atoms with E-state index in [4.69, 9.17) is 34.3 Å². The highest BCUT2D eigenvalue weighted by atomic mass is 79.9. The first-order chi connectivity index (χ1) is 37.8. The number of nitrogens with one attached hydrogen (secondary N) is 4. The van der Waals surface area contributed by atoms with Crippen LogP contribution in [0.3, 0.4) is 0 Å². The number of carbonyl (C=O) groups excluding carboxylic acids is 6. The molecule has 9 N–H and O–H groups in total. The van der Waals surface area contributed by atoms with Crippen molar-refractivity contribution >= 4 is 100 Å². The number of benzene rings is 2. The quantitative estimate of drug-likeness (QED) is 0.0213. The number of halogens is 2. The van der Waals surface area contributed by atoms with Gasteiger partial charge in [-0.05, 0) is 105 Å². The van der Waals surface area contributed by atoms with Crippen molar-refractivity contribution in [2.45, 2.75) is 96.0 Å². The molecule has 0 bridgehead atoms. The number of urea groups is 1. The molecule has 2 aliphatic carbocycles. The zero-order valence-electron chi connectivity index (χ0n) is 44.1. The lowest BCUT2D eigenvalue weighted by Gasteiger charge is -2.24. The highest BCUT2D eigenvalue weighted by Crippen LogP contribution is 2.39. The number of rotatable bonds is 31. The van der Waals surface area contributed by atoms with Gasteiger partial charge in [0.25, 0.3) is 11.8 Å². The molecule has 6 atom stereocenters. The van der Waals surface area contributed by atoms with Gasteiger partial charge in [0.05, 0.1) is 89.8 Å². The molecular weight excluding hydrogens is 1180 g/mol. The van der Waals surface area contributed by atoms with Crippen LogP contribution in [0.4, 0.5) is 16.3 Å². The maximum atomic E-state index is 14.0. The van der Waals surface area contributed by atoms with Crippen molar-refractivity contribution in [3.8, 4) is 0 Å². The lowest BCUT2D eigenvalue weighted by Crippen LogP contribution is -2.45. The number of hydrogen-bond acceptors (Lipinski definition) is 15. The topological polar surface area (TPSA) is 319 Å². The summed E-state index contributed by atoms with van der Waals surface area (Å²) in [6, 6.07) is 15.9. The van der Waals surface area contributed by atoms with Crippen molar-refractivity contribution in [2.24, 2.45) is 28.6 Å². The van der Waals surface area contributed by atoms with Crippen LogP contribution in [0.25, 0.3) is 11.0 Å². The molecule has 3 aliphatic rings. The van der Waals surface area contributed by atoms with Gasteiger partial charge in [0, 0.05) is 43.3 Å². The predicted molar refractivity (Wildman–Crippen MR) is 297 cm³/mol. The highest BCUT2D eigenvalue weighted by molar-refractivity contribution is 9.14. The van der Waals surface area contributed by atoms with E-state index in [2.05, 4.69) is 69.8 Å². The summed E-state index contributed by atoms with van der Waals surface area (Å²) in [5.74, 6) is -2.89. The maximum absolute atomic E-state index is 14.0. The van der Waals surface area contributed by atoms with Crippen LogP contribution in [0.15, 0.2) is 76.1 Å². The minimum Gasteiger partial charge on any atom is -0.393 e. The normalized spacial score (nSPS) is 19.1. The minimum absolute atomic E-state index is 0.0231. The first-order valence-corrected chi connectivity index (χ1v) is 29.3. The van der Waals surface area contributed by atoms with Crippen LogP contribution >= 0.6 is 31.9 Å². The smallest absolute Gasteiger partial charge is 0.333 e. The van der Waals surface area contributed by atoms with E-state index in [1.807, 2.05) is 41.1 Å². The zero-order chi connectivity index (χ0) is 56.8. The minimum atomic E-state index is -4.19. The molecule has 1 saturated carbocycles. The van der Waals surface area contributed by atoms with E-state index >= 15 is 0 Å². The number of amides is 6. The molecule has 4 aromatic rings. The fourth-order valence-electron chi connectivity index (χ4n) is 10.1. The van der Waals surface area contributed by atoms with E-state index in [9.17, 15) is 42.3 Å². The Bertz CT molecular complexity index is 2960. The molecule has 0 spiro atoms. The SMILES string of the molecule is CC(C)[C@H](NC(=O)CCOCCOCCOCCN1C(=O)C(Br)=C(Br)C1=O)C(=O)C[C@@H](CCCNC(N)=O)C(=O)Nc1ccc(C[n+]2cnc(N[C@@H]3CCc4ccccc43)c3ccn([C@H]4C[C@H](COS(N)(=O)=O)[C@H](O)C4)c32)cc1. The number of aryl methyl sites for hydroxylation is 1. The van der Waals surface area contributed by atoms with Crippen LogP contribution in [-0.2, 0) is 65.6 Å². The highest BCUT2D eigenvalue weighted by Gasteiger charge is 2.39. The van der Waals surface area contributed by atoms with Gasteiger partial charge in [-0.2, -0.15) is 8.42 Å². The monoisotopic (exact) mass is 1240 g/mol. The molecule has 7 rings (SSSR count). The number of imide groups is 1. The summed E-state index contributed by atoms with van der Waals surface area (Å²) in [4.78, 5) is 82.6. The van der Waals surface area contributed by atoms with Gasteiger partial charge < -0.3 is 46.3 Å². The summed E-state index contributed by atoms with van der Waals surface area (Å²) in [5, 5.41) is 29.0. The third kappa shape index (κ3) is 16.9. The third-order valence-corrected chi connectivity index (χ3v) is 16.6. The van der Waals surface area contributed by atoms with Gasteiger partial charge in [-0.15, -0.1) is 0 Å². The Morgan fingerprint density at radius 1 is 0.924 bits per heavy atom. The van der Waals surface area contributed by atoms with E-state index in [0.717, 1.165) is 34.3 Å². The Balaban J connectivity index is 0.931. The number of anilines is 2. The number of ketones is 1. The van der Waals surface area contributed by atoms with Crippen LogP contribution in [0.2, 0.25) is 0 Å². The van der Waals surface area contributed by atoms with E-state index in [1.165, 1.54) is 11.1 Å². The second kappa shape index (κ2) is 28.6. The largest absolute Gasteiger partial charge is 0.393 e. The van der Waals surface area contributed by atoms with Crippen molar-refractivity contribution in [2.75, 3.05) is 70.0 Å². The number of Topliss-reactive ketones (excluding diaryl/α,β-unsaturated/α-hetero) is 1. The number of ether oxygens (including phenoxy) is 3. The van der Waals surface area contributed by atoms with Gasteiger partial charge in [-0.3, -0.25) is 37.6 Å². The molecular formula is C53H69Br2N10O13S+. The standard InChI is InChI=1S/C53H68Br2N10O13S/c1-32(2)47(62-44(68)16-20-75-22-24-77-25-23-76-21-19-65-51(70)45(54)46(55)52(65)71)43(67)27-35(7-5-17-58-53(56)72)49(69)60-37-12-9-33(10-13-37)29-63-31-59-48(61-41-14-11-34-6-3-4-8-39(34)41)40-15-18-64(50(40)63)38-26-36(42(66)28-38)30-78-79(57,73)74/h3-4,6,8-10,12-13,15,18,31-32,35-36,38,41-42,47,66H,5,7,11,14,16-17,19-30H2,1-2H3,(H7,56,57,58,60,62,68,69,72,73,74)/p+1/t35-,36-,38+,41-,42-,47+/m1/s1. The van der Waals surface area contributed by atoms with Crippen LogP contribution in [0.1, 0.15) is 87.6 Å². The molecule has 26 heteroatoms. The van der Waals surface area contributed by atoms with Gasteiger partial charge in [0.2, 0.25) is 29.6 Å². The Hall–Kier alpha value is -5.71. The average Bonchev–Trinajstić information content (AvgIpc) is 4.28. The maximum Gasteiger partial charge on any atom is 0.333 e. The van der Waals surface area contributed by atoms with Crippen molar-refractivity contribution in [1.82, 2.24) is 25.1 Å². The number of aliphatic hydroxyl groups is 1. The molecule has 6 amide bonds. The molecule has 2 aromatic heterocycles. The molecule has 23 nitrogen and oxygen atoms in total. The molecule has 3 heterocycles. The lowest BCUT2D eigenvalue weighted by atomic mass is 9.89. The molecule has 0 unspecified atom stereocenters. The molecule has 2 aromatic carbocycles. The summed E-state index contributed by atoms with van der Waals surface area (Å²) < 4.78 is 49.1. The van der Waals surface area contributed by atoms with E-state index in [1.54, 1.807) is 32.3 Å². The Morgan fingerprint density at radius 2 is 1.61 bits per heavy atom. The molecule has 428 valence electrons. The number of nitrogens with two attached hydrogens (primary N) is 2. The summed E-state index contributed by atoms with van der Waals surface area (Å²) in [6.07, 6.45) is 5.96. The number of carbonyl (C=O) groups is 6. The predicted octanol–water partition coefficient (Wildman–Crippen LogP) is 3.92. The number of primary amides is 1. The summed E-state index contributed by atoms with van der Waals surface area (Å²) in [7, 11) is -4.19. The Labute approximate surface area is 475 Å². The molecule has 79 heavy (non-hydrogen) atoms. The first kappa shape index (κ1) is 60.9. The average molecular weight is 1250 g/mol. The van der Waals surface area contributed by atoms with Gasteiger partial charge >= 0.3 is 16.3 Å². The number of nitrogens with zero attached hydrogens (tertiary/aromatic N) is 4. The van der Waals surface area contributed by atoms with E-state index < -0.39 is 63.9 Å².